The van der Waals surface area contributed by atoms with Crippen LogP contribution in [0.2, 0.25) is 0 Å². The maximum Gasteiger partial charge on any atom is 0.0687 e. The van der Waals surface area contributed by atoms with Gasteiger partial charge in [-0.3, -0.25) is 0 Å². The molecule has 0 heterocycles. The third-order valence-electron chi connectivity index (χ3n) is 4.65. The van der Waals surface area contributed by atoms with Crippen molar-refractivity contribution in [2.45, 2.75) is 32.3 Å². The first kappa shape index (κ1) is 11.9. The second-order valence-corrected chi connectivity index (χ2v) is 5.72. The van der Waals surface area contributed by atoms with Gasteiger partial charge in [-0.15, -0.1) is 0 Å². The van der Waals surface area contributed by atoms with Crippen molar-refractivity contribution in [1.29, 1.82) is 0 Å². The SMILES string of the molecule is OCc1cccc2ccc3c(c12)CCC1=C3C=CCC1. The van der Waals surface area contributed by atoms with E-state index in [1.807, 2.05) is 12.1 Å². The normalized spacial score (nSPS) is 17.2. The van der Waals surface area contributed by atoms with E-state index < -0.39 is 0 Å². The van der Waals surface area contributed by atoms with Crippen LogP contribution in [-0.2, 0) is 13.0 Å². The average Bonchev–Trinajstić information content (AvgIpc) is 2.53. The Bertz CT molecular complexity index is 750. The quantitative estimate of drug-likeness (QED) is 0.808. The molecule has 100 valence electrons. The van der Waals surface area contributed by atoms with Gasteiger partial charge < -0.3 is 5.11 Å². The molecular weight excluding hydrogens is 244 g/mol. The molecule has 0 spiro atoms. The molecule has 0 saturated heterocycles. The van der Waals surface area contributed by atoms with Crippen LogP contribution in [0.5, 0.6) is 0 Å². The van der Waals surface area contributed by atoms with E-state index in [4.69, 9.17) is 0 Å². The van der Waals surface area contributed by atoms with E-state index in [0.717, 1.165) is 12.0 Å². The first-order valence-electron chi connectivity index (χ1n) is 7.42. The van der Waals surface area contributed by atoms with E-state index in [1.54, 1.807) is 5.57 Å². The minimum absolute atomic E-state index is 0.121. The fourth-order valence-electron chi connectivity index (χ4n) is 3.71. The second kappa shape index (κ2) is 4.60. The first-order valence-corrected chi connectivity index (χ1v) is 7.42. The van der Waals surface area contributed by atoms with Gasteiger partial charge in [0.2, 0.25) is 0 Å². The van der Waals surface area contributed by atoms with Crippen LogP contribution in [0.3, 0.4) is 0 Å². The van der Waals surface area contributed by atoms with Gasteiger partial charge in [0, 0.05) is 0 Å². The molecular formula is C19H18O. The number of fused-ring (bicyclic) bond motifs is 4. The molecule has 0 aliphatic heterocycles. The van der Waals surface area contributed by atoms with Gasteiger partial charge in [0.25, 0.3) is 0 Å². The van der Waals surface area contributed by atoms with Crippen LogP contribution in [0, 0.1) is 0 Å². The molecule has 0 aromatic heterocycles. The van der Waals surface area contributed by atoms with E-state index in [-0.39, 0.29) is 6.61 Å². The minimum Gasteiger partial charge on any atom is -0.392 e. The maximum atomic E-state index is 9.64. The molecule has 0 radical (unpaired) electrons. The van der Waals surface area contributed by atoms with E-state index >= 15 is 0 Å². The Hall–Kier alpha value is -1.86. The van der Waals surface area contributed by atoms with Crippen LogP contribution in [-0.4, -0.2) is 5.11 Å². The lowest BCUT2D eigenvalue weighted by Gasteiger charge is -2.26. The van der Waals surface area contributed by atoms with Gasteiger partial charge in [-0.05, 0) is 58.7 Å². The third-order valence-corrected chi connectivity index (χ3v) is 4.65. The van der Waals surface area contributed by atoms with Gasteiger partial charge in [-0.1, -0.05) is 48.1 Å². The first-order chi connectivity index (χ1) is 9.88. The van der Waals surface area contributed by atoms with Gasteiger partial charge in [0.15, 0.2) is 0 Å². The van der Waals surface area contributed by atoms with Crippen molar-refractivity contribution in [3.63, 3.8) is 0 Å². The highest BCUT2D eigenvalue weighted by atomic mass is 16.3. The zero-order valence-corrected chi connectivity index (χ0v) is 11.5. The summed E-state index contributed by atoms with van der Waals surface area (Å²) in [4.78, 5) is 0. The third kappa shape index (κ3) is 1.66. The van der Waals surface area contributed by atoms with Crippen molar-refractivity contribution in [2.75, 3.05) is 0 Å². The standard InChI is InChI=1S/C19H18O/c20-12-15-6-3-5-14-9-10-17-16-7-2-1-4-13(16)8-11-18(17)19(14)15/h2-3,5-7,9-10,20H,1,4,8,11-12H2. The molecule has 0 bridgehead atoms. The molecule has 2 aromatic rings. The fourth-order valence-corrected chi connectivity index (χ4v) is 3.71. The molecule has 0 amide bonds. The predicted octanol–water partition coefficient (Wildman–Crippen LogP) is 4.38. The zero-order valence-electron chi connectivity index (χ0n) is 11.5. The van der Waals surface area contributed by atoms with Crippen molar-refractivity contribution in [2.24, 2.45) is 0 Å². The summed E-state index contributed by atoms with van der Waals surface area (Å²) >= 11 is 0. The fraction of sp³-hybridized carbons (Fsp3) is 0.263. The summed E-state index contributed by atoms with van der Waals surface area (Å²) in [6.07, 6.45) is 9.26. The van der Waals surface area contributed by atoms with Crippen molar-refractivity contribution in [3.8, 4) is 0 Å². The lowest BCUT2D eigenvalue weighted by atomic mass is 9.79. The largest absolute Gasteiger partial charge is 0.392 e. The Morgan fingerprint density at radius 3 is 2.85 bits per heavy atom. The molecule has 0 atom stereocenters. The maximum absolute atomic E-state index is 9.64. The van der Waals surface area contributed by atoms with Crippen LogP contribution in [0.25, 0.3) is 16.3 Å². The van der Waals surface area contributed by atoms with Gasteiger partial charge in [-0.2, -0.15) is 0 Å². The van der Waals surface area contributed by atoms with Crippen molar-refractivity contribution >= 4 is 16.3 Å². The zero-order chi connectivity index (χ0) is 13.5. The highest BCUT2D eigenvalue weighted by Crippen LogP contribution is 2.40. The molecule has 2 aromatic carbocycles. The Balaban J connectivity index is 2.04. The van der Waals surface area contributed by atoms with E-state index in [9.17, 15) is 5.11 Å². The molecule has 20 heavy (non-hydrogen) atoms. The summed E-state index contributed by atoms with van der Waals surface area (Å²) in [6, 6.07) is 10.7. The number of aryl methyl sites for hydroxylation is 1. The Labute approximate surface area is 119 Å². The van der Waals surface area contributed by atoms with Crippen LogP contribution >= 0.6 is 0 Å². The summed E-state index contributed by atoms with van der Waals surface area (Å²) in [5.74, 6) is 0. The summed E-state index contributed by atoms with van der Waals surface area (Å²) < 4.78 is 0. The minimum atomic E-state index is 0.121. The molecule has 0 unspecified atom stereocenters. The molecule has 1 nitrogen and oxygen atoms in total. The predicted molar refractivity (Wildman–Crippen MR) is 83.5 cm³/mol. The highest BCUT2D eigenvalue weighted by molar-refractivity contribution is 5.95. The molecule has 0 saturated carbocycles. The smallest absolute Gasteiger partial charge is 0.0687 e. The Kier molecular flexibility index (Phi) is 2.75. The van der Waals surface area contributed by atoms with Crippen molar-refractivity contribution in [1.82, 2.24) is 0 Å². The topological polar surface area (TPSA) is 20.2 Å². The number of benzene rings is 2. The van der Waals surface area contributed by atoms with E-state index in [2.05, 4.69) is 30.4 Å². The Morgan fingerprint density at radius 1 is 1.00 bits per heavy atom. The summed E-state index contributed by atoms with van der Waals surface area (Å²) in [6.45, 7) is 0.121. The molecule has 0 fully saturated rings. The summed E-state index contributed by atoms with van der Waals surface area (Å²) in [7, 11) is 0. The molecule has 4 rings (SSSR count). The van der Waals surface area contributed by atoms with Gasteiger partial charge >= 0.3 is 0 Å². The summed E-state index contributed by atoms with van der Waals surface area (Å²) in [5, 5.41) is 12.2. The molecule has 2 aliphatic rings. The van der Waals surface area contributed by atoms with Gasteiger partial charge in [-0.25, -0.2) is 0 Å². The molecule has 1 N–H and O–H groups in total. The number of aliphatic hydroxyl groups excluding tert-OH is 1. The summed E-state index contributed by atoms with van der Waals surface area (Å²) in [5.41, 5.74) is 6.92. The van der Waals surface area contributed by atoms with Crippen LogP contribution in [0.1, 0.15) is 36.0 Å². The number of allylic oxidation sites excluding steroid dienone is 4. The Morgan fingerprint density at radius 2 is 1.95 bits per heavy atom. The number of hydrogen-bond donors (Lipinski definition) is 1. The lowest BCUT2D eigenvalue weighted by molar-refractivity contribution is 0.283. The lowest BCUT2D eigenvalue weighted by Crippen LogP contribution is -2.08. The van der Waals surface area contributed by atoms with E-state index in [1.165, 1.54) is 46.7 Å². The van der Waals surface area contributed by atoms with E-state index in [0.29, 0.717) is 0 Å². The van der Waals surface area contributed by atoms with Crippen molar-refractivity contribution < 1.29 is 5.11 Å². The number of rotatable bonds is 1. The second-order valence-electron chi connectivity index (χ2n) is 5.72. The number of hydrogen-bond acceptors (Lipinski definition) is 1. The van der Waals surface area contributed by atoms with Crippen molar-refractivity contribution in [3.05, 3.63) is 64.7 Å². The van der Waals surface area contributed by atoms with Crippen LogP contribution in [0.15, 0.2) is 48.1 Å². The van der Waals surface area contributed by atoms with Gasteiger partial charge in [0.1, 0.15) is 0 Å². The molecule has 2 aliphatic carbocycles. The van der Waals surface area contributed by atoms with Gasteiger partial charge in [0.05, 0.1) is 6.61 Å². The van der Waals surface area contributed by atoms with Crippen LogP contribution < -0.4 is 0 Å². The highest BCUT2D eigenvalue weighted by Gasteiger charge is 2.21. The average molecular weight is 262 g/mol. The van der Waals surface area contributed by atoms with Crippen LogP contribution in [0.4, 0.5) is 0 Å². The molecule has 1 heteroatoms. The number of aliphatic hydroxyl groups is 1. The monoisotopic (exact) mass is 262 g/mol.